The highest BCUT2D eigenvalue weighted by atomic mass is 79.9. The molecule has 0 bridgehead atoms. The van der Waals surface area contributed by atoms with Crippen LogP contribution in [0.15, 0.2) is 34.8 Å². The quantitative estimate of drug-likeness (QED) is 0.583. The highest BCUT2D eigenvalue weighted by Crippen LogP contribution is 2.40. The number of amides is 1. The first-order chi connectivity index (χ1) is 13.2. The van der Waals surface area contributed by atoms with Crippen LogP contribution in [-0.2, 0) is 11.0 Å². The van der Waals surface area contributed by atoms with Gasteiger partial charge in [0.25, 0.3) is 5.91 Å². The fraction of sp³-hybridized carbons (Fsp3) is 0.250. The van der Waals surface area contributed by atoms with Crippen molar-refractivity contribution in [2.45, 2.75) is 20.0 Å². The van der Waals surface area contributed by atoms with Crippen LogP contribution in [0.3, 0.4) is 0 Å². The van der Waals surface area contributed by atoms with Crippen molar-refractivity contribution < 1.29 is 27.4 Å². The number of hydrogen-bond acceptors (Lipinski definition) is 3. The maximum absolute atomic E-state index is 12.9. The second-order valence-electron chi connectivity index (χ2n) is 5.96. The largest absolute Gasteiger partial charge is 0.490 e. The predicted molar refractivity (Wildman–Crippen MR) is 104 cm³/mol. The van der Waals surface area contributed by atoms with E-state index in [9.17, 15) is 18.0 Å². The standard InChI is InChI=1S/C20H17BrF3NO3/c1-3-27-17-8-11(15(21)10-18(17)28-4-2)7-14-13-6-5-12(20(22,23)24)9-16(13)25-19(14)26/h5-10H,3-4H2,1-2H3,(H,25,26)/b14-7-. The lowest BCUT2D eigenvalue weighted by molar-refractivity contribution is -0.137. The summed E-state index contributed by atoms with van der Waals surface area (Å²) in [6, 6.07) is 6.66. The van der Waals surface area contributed by atoms with E-state index in [2.05, 4.69) is 21.2 Å². The lowest BCUT2D eigenvalue weighted by Gasteiger charge is -2.13. The van der Waals surface area contributed by atoms with Gasteiger partial charge in [0, 0.05) is 21.3 Å². The summed E-state index contributed by atoms with van der Waals surface area (Å²) in [5.41, 5.74) is 0.657. The molecule has 0 saturated carbocycles. The van der Waals surface area contributed by atoms with E-state index < -0.39 is 17.6 Å². The van der Waals surface area contributed by atoms with E-state index in [1.165, 1.54) is 6.07 Å². The zero-order chi connectivity index (χ0) is 20.5. The van der Waals surface area contributed by atoms with Crippen molar-refractivity contribution in [1.29, 1.82) is 0 Å². The van der Waals surface area contributed by atoms with E-state index in [-0.39, 0.29) is 11.3 Å². The Morgan fingerprint density at radius 2 is 1.71 bits per heavy atom. The molecule has 148 valence electrons. The first-order valence-electron chi connectivity index (χ1n) is 8.58. The number of ether oxygens (including phenoxy) is 2. The molecule has 0 saturated heterocycles. The first kappa shape index (κ1) is 20.3. The van der Waals surface area contributed by atoms with Crippen LogP contribution in [0, 0.1) is 0 Å². The zero-order valence-electron chi connectivity index (χ0n) is 15.1. The van der Waals surface area contributed by atoms with Crippen molar-refractivity contribution in [3.05, 3.63) is 51.5 Å². The van der Waals surface area contributed by atoms with E-state index >= 15 is 0 Å². The summed E-state index contributed by atoms with van der Waals surface area (Å²) in [4.78, 5) is 12.4. The van der Waals surface area contributed by atoms with Crippen LogP contribution < -0.4 is 14.8 Å². The molecule has 3 rings (SSSR count). The molecule has 2 aromatic carbocycles. The molecule has 0 spiro atoms. The minimum Gasteiger partial charge on any atom is -0.490 e. The van der Waals surface area contributed by atoms with Gasteiger partial charge in [0.05, 0.1) is 18.8 Å². The van der Waals surface area contributed by atoms with Crippen molar-refractivity contribution in [3.63, 3.8) is 0 Å². The van der Waals surface area contributed by atoms with Gasteiger partial charge in [0.15, 0.2) is 11.5 Å². The van der Waals surface area contributed by atoms with Crippen molar-refractivity contribution in [3.8, 4) is 11.5 Å². The number of alkyl halides is 3. The Hall–Kier alpha value is -2.48. The van der Waals surface area contributed by atoms with E-state index in [1.807, 2.05) is 13.8 Å². The summed E-state index contributed by atoms with van der Waals surface area (Å²) >= 11 is 3.45. The Morgan fingerprint density at radius 1 is 1.07 bits per heavy atom. The normalized spacial score (nSPS) is 14.8. The maximum atomic E-state index is 12.9. The SMILES string of the molecule is CCOc1cc(Br)c(/C=C2\C(=O)Nc3cc(C(F)(F)F)ccc32)cc1OCC. The monoisotopic (exact) mass is 455 g/mol. The molecule has 0 radical (unpaired) electrons. The Kier molecular flexibility index (Phi) is 5.69. The summed E-state index contributed by atoms with van der Waals surface area (Å²) in [7, 11) is 0. The van der Waals surface area contributed by atoms with Crippen LogP contribution in [0.25, 0.3) is 11.6 Å². The van der Waals surface area contributed by atoms with Gasteiger partial charge < -0.3 is 14.8 Å². The second kappa shape index (κ2) is 7.87. The van der Waals surface area contributed by atoms with Crippen LogP contribution in [0.2, 0.25) is 0 Å². The molecule has 1 heterocycles. The molecular formula is C20H17BrF3NO3. The van der Waals surface area contributed by atoms with E-state index in [0.717, 1.165) is 12.1 Å². The van der Waals surface area contributed by atoms with Crippen LogP contribution in [0.5, 0.6) is 11.5 Å². The highest BCUT2D eigenvalue weighted by molar-refractivity contribution is 9.10. The van der Waals surface area contributed by atoms with Gasteiger partial charge in [-0.05, 0) is 49.8 Å². The average molecular weight is 456 g/mol. The lowest BCUT2D eigenvalue weighted by Crippen LogP contribution is -2.06. The van der Waals surface area contributed by atoms with Crippen LogP contribution in [-0.4, -0.2) is 19.1 Å². The van der Waals surface area contributed by atoms with E-state index in [1.54, 1.807) is 18.2 Å². The molecule has 1 aliphatic rings. The van der Waals surface area contributed by atoms with Crippen LogP contribution in [0.1, 0.15) is 30.5 Å². The van der Waals surface area contributed by atoms with Gasteiger partial charge in [-0.3, -0.25) is 4.79 Å². The first-order valence-corrected chi connectivity index (χ1v) is 9.37. The number of hydrogen-bond donors (Lipinski definition) is 1. The number of carbonyl (C=O) groups excluding carboxylic acids is 1. The number of benzene rings is 2. The number of fused-ring (bicyclic) bond motifs is 1. The fourth-order valence-corrected chi connectivity index (χ4v) is 3.30. The molecule has 2 aromatic rings. The molecule has 0 aromatic heterocycles. The number of anilines is 1. The molecule has 0 unspecified atom stereocenters. The van der Waals surface area contributed by atoms with Crippen LogP contribution >= 0.6 is 15.9 Å². The lowest BCUT2D eigenvalue weighted by atomic mass is 10.0. The van der Waals surface area contributed by atoms with E-state index in [4.69, 9.17) is 9.47 Å². The van der Waals surface area contributed by atoms with Gasteiger partial charge in [-0.2, -0.15) is 13.2 Å². The van der Waals surface area contributed by atoms with Crippen molar-refractivity contribution >= 4 is 39.2 Å². The number of halogens is 4. The summed E-state index contributed by atoms with van der Waals surface area (Å²) < 4.78 is 50.5. The third-order valence-corrected chi connectivity index (χ3v) is 4.78. The maximum Gasteiger partial charge on any atom is 0.416 e. The Balaban J connectivity index is 2.05. The van der Waals surface area contributed by atoms with Gasteiger partial charge in [-0.1, -0.05) is 22.0 Å². The third-order valence-electron chi connectivity index (χ3n) is 4.09. The van der Waals surface area contributed by atoms with Crippen molar-refractivity contribution in [2.24, 2.45) is 0 Å². The predicted octanol–water partition coefficient (Wildman–Crippen LogP) is 5.76. The highest BCUT2D eigenvalue weighted by Gasteiger charge is 2.33. The molecule has 1 amide bonds. The fourth-order valence-electron chi connectivity index (χ4n) is 2.87. The molecule has 0 aliphatic carbocycles. The topological polar surface area (TPSA) is 47.6 Å². The van der Waals surface area contributed by atoms with Gasteiger partial charge in [-0.15, -0.1) is 0 Å². The molecule has 1 aliphatic heterocycles. The van der Waals surface area contributed by atoms with Crippen molar-refractivity contribution in [2.75, 3.05) is 18.5 Å². The molecular weight excluding hydrogens is 439 g/mol. The summed E-state index contributed by atoms with van der Waals surface area (Å²) in [6.07, 6.45) is -2.87. The summed E-state index contributed by atoms with van der Waals surface area (Å²) in [5.74, 6) is 0.614. The van der Waals surface area contributed by atoms with Crippen molar-refractivity contribution in [1.82, 2.24) is 0 Å². The van der Waals surface area contributed by atoms with Gasteiger partial charge >= 0.3 is 6.18 Å². The molecule has 8 heteroatoms. The van der Waals surface area contributed by atoms with Gasteiger partial charge in [0.2, 0.25) is 0 Å². The Bertz CT molecular complexity index is 954. The van der Waals surface area contributed by atoms with Gasteiger partial charge in [-0.25, -0.2) is 0 Å². The molecule has 0 fully saturated rings. The number of nitrogens with one attached hydrogen (secondary N) is 1. The average Bonchev–Trinajstić information content (AvgIpc) is 2.93. The Labute approximate surface area is 168 Å². The van der Waals surface area contributed by atoms with Gasteiger partial charge in [0.1, 0.15) is 0 Å². The summed E-state index contributed by atoms with van der Waals surface area (Å²) in [5, 5.41) is 2.49. The molecule has 0 atom stereocenters. The number of rotatable bonds is 5. The second-order valence-corrected chi connectivity index (χ2v) is 6.81. The third kappa shape index (κ3) is 4.01. The van der Waals surface area contributed by atoms with Crippen LogP contribution in [0.4, 0.5) is 18.9 Å². The molecule has 1 N–H and O–H groups in total. The molecule has 4 nitrogen and oxygen atoms in total. The smallest absolute Gasteiger partial charge is 0.416 e. The minimum atomic E-state index is -4.48. The number of carbonyl (C=O) groups is 1. The molecule has 28 heavy (non-hydrogen) atoms. The zero-order valence-corrected chi connectivity index (χ0v) is 16.7. The van der Waals surface area contributed by atoms with E-state index in [0.29, 0.717) is 40.3 Å². The summed E-state index contributed by atoms with van der Waals surface area (Å²) in [6.45, 7) is 4.59. The Morgan fingerprint density at radius 3 is 2.32 bits per heavy atom. The minimum absolute atomic E-state index is 0.137.